The maximum atomic E-state index is 10.7. The van der Waals surface area contributed by atoms with Crippen LogP contribution in [0.4, 0.5) is 0 Å². The van der Waals surface area contributed by atoms with Gasteiger partial charge in [0.15, 0.2) is 0 Å². The highest BCUT2D eigenvalue weighted by Gasteiger charge is 2.17. The maximum absolute atomic E-state index is 10.7. The van der Waals surface area contributed by atoms with E-state index in [1.54, 1.807) is 0 Å². The van der Waals surface area contributed by atoms with Crippen molar-refractivity contribution in [2.75, 3.05) is 0 Å². The summed E-state index contributed by atoms with van der Waals surface area (Å²) in [5.74, 6) is -0.158. The predicted octanol–water partition coefficient (Wildman–Crippen LogP) is 1.96. The number of aliphatic carboxylic acids is 1. The molecule has 0 aromatic heterocycles. The maximum Gasteiger partial charge on any atom is 0.320 e. The Labute approximate surface area is 107 Å². The Morgan fingerprint density at radius 2 is 2.17 bits per heavy atom. The second-order valence-electron chi connectivity index (χ2n) is 4.82. The molecule has 1 saturated carbocycles. The average molecular weight is 249 g/mol. The molecule has 1 aromatic carbocycles. The van der Waals surface area contributed by atoms with E-state index in [0.29, 0.717) is 12.5 Å². The topological polar surface area (TPSA) is 72.5 Å². The molecule has 1 atom stereocenters. The van der Waals surface area contributed by atoms with Gasteiger partial charge in [-0.1, -0.05) is 12.1 Å². The Kier molecular flexibility index (Phi) is 4.20. The number of benzene rings is 1. The van der Waals surface area contributed by atoms with Gasteiger partial charge in [0.2, 0.25) is 0 Å². The van der Waals surface area contributed by atoms with Crippen LogP contribution in [0.1, 0.15) is 31.2 Å². The molecule has 0 heterocycles. The molecular weight excluding hydrogens is 230 g/mol. The lowest BCUT2D eigenvalue weighted by molar-refractivity contribution is -0.138. The van der Waals surface area contributed by atoms with Crippen LogP contribution < -0.4 is 10.5 Å². The SMILES string of the molecule is NC(Cc1cccc(OC2CCCC2)c1)C(=O)O. The van der Waals surface area contributed by atoms with E-state index in [1.165, 1.54) is 12.8 Å². The zero-order valence-corrected chi connectivity index (χ0v) is 10.3. The van der Waals surface area contributed by atoms with Crippen molar-refractivity contribution >= 4 is 5.97 Å². The van der Waals surface area contributed by atoms with Gasteiger partial charge >= 0.3 is 5.97 Å². The second-order valence-corrected chi connectivity index (χ2v) is 4.82. The first kappa shape index (κ1) is 12.9. The number of nitrogens with two attached hydrogens (primary N) is 1. The van der Waals surface area contributed by atoms with E-state index in [2.05, 4.69) is 0 Å². The number of carboxylic acids is 1. The zero-order valence-electron chi connectivity index (χ0n) is 10.3. The van der Waals surface area contributed by atoms with Crippen molar-refractivity contribution in [3.8, 4) is 5.75 Å². The van der Waals surface area contributed by atoms with Gasteiger partial charge in [-0.05, 0) is 49.8 Å². The predicted molar refractivity (Wildman–Crippen MR) is 68.6 cm³/mol. The molecule has 98 valence electrons. The first-order valence-electron chi connectivity index (χ1n) is 6.39. The van der Waals surface area contributed by atoms with Crippen molar-refractivity contribution in [1.29, 1.82) is 0 Å². The van der Waals surface area contributed by atoms with Crippen LogP contribution in [0, 0.1) is 0 Å². The molecule has 0 radical (unpaired) electrons. The standard InChI is InChI=1S/C14H19NO3/c15-13(14(16)17)9-10-4-3-7-12(8-10)18-11-5-1-2-6-11/h3-4,7-8,11,13H,1-2,5-6,9,15H2,(H,16,17). The van der Waals surface area contributed by atoms with Gasteiger partial charge in [-0.2, -0.15) is 0 Å². The summed E-state index contributed by atoms with van der Waals surface area (Å²) in [6.45, 7) is 0. The first-order chi connectivity index (χ1) is 8.65. The van der Waals surface area contributed by atoms with Crippen molar-refractivity contribution in [3.63, 3.8) is 0 Å². The Balaban J connectivity index is 1.98. The molecule has 1 unspecified atom stereocenters. The lowest BCUT2D eigenvalue weighted by atomic mass is 10.1. The lowest BCUT2D eigenvalue weighted by Crippen LogP contribution is -2.32. The van der Waals surface area contributed by atoms with Gasteiger partial charge in [-0.25, -0.2) is 0 Å². The molecular formula is C14H19NO3. The lowest BCUT2D eigenvalue weighted by Gasteiger charge is -2.14. The Morgan fingerprint density at radius 3 is 2.83 bits per heavy atom. The minimum absolute atomic E-state index is 0.313. The summed E-state index contributed by atoms with van der Waals surface area (Å²) in [7, 11) is 0. The fraction of sp³-hybridized carbons (Fsp3) is 0.500. The summed E-state index contributed by atoms with van der Waals surface area (Å²) >= 11 is 0. The summed E-state index contributed by atoms with van der Waals surface area (Å²) in [5, 5.41) is 8.79. The van der Waals surface area contributed by atoms with Crippen molar-refractivity contribution in [2.45, 2.75) is 44.2 Å². The average Bonchev–Trinajstić information content (AvgIpc) is 2.82. The van der Waals surface area contributed by atoms with E-state index in [1.807, 2.05) is 24.3 Å². The highest BCUT2D eigenvalue weighted by atomic mass is 16.5. The third-order valence-corrected chi connectivity index (χ3v) is 3.28. The zero-order chi connectivity index (χ0) is 13.0. The van der Waals surface area contributed by atoms with E-state index in [0.717, 1.165) is 24.2 Å². The molecule has 0 saturated heterocycles. The number of carbonyl (C=O) groups is 1. The molecule has 1 fully saturated rings. The third kappa shape index (κ3) is 3.47. The normalized spacial score (nSPS) is 17.6. The Bertz CT molecular complexity index is 413. The molecule has 0 amide bonds. The number of rotatable bonds is 5. The molecule has 4 nitrogen and oxygen atoms in total. The van der Waals surface area contributed by atoms with Crippen LogP contribution in [0.5, 0.6) is 5.75 Å². The van der Waals surface area contributed by atoms with Crippen molar-refractivity contribution in [3.05, 3.63) is 29.8 Å². The van der Waals surface area contributed by atoms with Gasteiger partial charge in [-0.3, -0.25) is 4.79 Å². The first-order valence-corrected chi connectivity index (χ1v) is 6.39. The highest BCUT2D eigenvalue weighted by Crippen LogP contribution is 2.24. The van der Waals surface area contributed by atoms with Crippen LogP contribution in [0.3, 0.4) is 0 Å². The minimum Gasteiger partial charge on any atom is -0.490 e. The van der Waals surface area contributed by atoms with Crippen LogP contribution in [0.2, 0.25) is 0 Å². The van der Waals surface area contributed by atoms with Gasteiger partial charge < -0.3 is 15.6 Å². The summed E-state index contributed by atoms with van der Waals surface area (Å²) in [6, 6.07) is 6.71. The van der Waals surface area contributed by atoms with E-state index in [9.17, 15) is 4.79 Å². The molecule has 2 rings (SSSR count). The quantitative estimate of drug-likeness (QED) is 0.836. The molecule has 1 aliphatic rings. The van der Waals surface area contributed by atoms with Gasteiger partial charge in [0, 0.05) is 0 Å². The van der Waals surface area contributed by atoms with Crippen LogP contribution in [-0.2, 0) is 11.2 Å². The van der Waals surface area contributed by atoms with Crippen LogP contribution in [0.25, 0.3) is 0 Å². The largest absolute Gasteiger partial charge is 0.490 e. The summed E-state index contributed by atoms with van der Waals surface area (Å²) in [6.07, 6.45) is 5.32. The smallest absolute Gasteiger partial charge is 0.320 e. The minimum atomic E-state index is -0.975. The number of carboxylic acid groups (broad SMARTS) is 1. The summed E-state index contributed by atoms with van der Waals surface area (Å²) < 4.78 is 5.87. The summed E-state index contributed by atoms with van der Waals surface area (Å²) in [5.41, 5.74) is 6.42. The van der Waals surface area contributed by atoms with Gasteiger partial charge in [0.25, 0.3) is 0 Å². The van der Waals surface area contributed by atoms with Crippen molar-refractivity contribution < 1.29 is 14.6 Å². The fourth-order valence-corrected chi connectivity index (χ4v) is 2.29. The van der Waals surface area contributed by atoms with Crippen molar-refractivity contribution in [1.82, 2.24) is 0 Å². The Hall–Kier alpha value is -1.55. The molecule has 1 aromatic rings. The molecule has 1 aliphatic carbocycles. The van der Waals surface area contributed by atoms with Gasteiger partial charge in [0.1, 0.15) is 11.8 Å². The van der Waals surface area contributed by atoms with Crippen molar-refractivity contribution in [2.24, 2.45) is 5.73 Å². The number of ether oxygens (including phenoxy) is 1. The van der Waals surface area contributed by atoms with E-state index < -0.39 is 12.0 Å². The molecule has 0 aliphatic heterocycles. The second kappa shape index (κ2) is 5.87. The van der Waals surface area contributed by atoms with Crippen LogP contribution >= 0.6 is 0 Å². The number of hydrogen-bond donors (Lipinski definition) is 2. The van der Waals surface area contributed by atoms with E-state index in [4.69, 9.17) is 15.6 Å². The van der Waals surface area contributed by atoms with E-state index >= 15 is 0 Å². The molecule has 0 spiro atoms. The fourth-order valence-electron chi connectivity index (χ4n) is 2.29. The molecule has 3 N–H and O–H groups in total. The third-order valence-electron chi connectivity index (χ3n) is 3.28. The van der Waals surface area contributed by atoms with Gasteiger partial charge in [-0.15, -0.1) is 0 Å². The van der Waals surface area contributed by atoms with E-state index in [-0.39, 0.29) is 0 Å². The number of hydrogen-bond acceptors (Lipinski definition) is 3. The molecule has 4 heteroatoms. The van der Waals surface area contributed by atoms with Crippen LogP contribution in [0.15, 0.2) is 24.3 Å². The summed E-state index contributed by atoms with van der Waals surface area (Å²) in [4.78, 5) is 10.7. The molecule has 18 heavy (non-hydrogen) atoms. The Morgan fingerprint density at radius 1 is 1.44 bits per heavy atom. The van der Waals surface area contributed by atoms with Gasteiger partial charge in [0.05, 0.1) is 6.10 Å². The monoisotopic (exact) mass is 249 g/mol. The van der Waals surface area contributed by atoms with Crippen LogP contribution in [-0.4, -0.2) is 23.2 Å². The highest BCUT2D eigenvalue weighted by molar-refractivity contribution is 5.73. The molecule has 0 bridgehead atoms.